The summed E-state index contributed by atoms with van der Waals surface area (Å²) in [5.41, 5.74) is 1.06. The van der Waals surface area contributed by atoms with Gasteiger partial charge in [-0.3, -0.25) is 9.69 Å². The van der Waals surface area contributed by atoms with Crippen molar-refractivity contribution in [2.75, 3.05) is 31.6 Å². The summed E-state index contributed by atoms with van der Waals surface area (Å²) >= 11 is 0. The molecule has 0 unspecified atom stereocenters. The number of rotatable bonds is 8. The number of hydrogen-bond donors (Lipinski definition) is 2. The summed E-state index contributed by atoms with van der Waals surface area (Å²) in [7, 11) is 1.69. The molecular formula is C32H42N4O4. The zero-order valence-corrected chi connectivity index (χ0v) is 23.8. The number of carbonyl (C=O) groups excluding carboxylic acids is 2. The van der Waals surface area contributed by atoms with E-state index in [1.807, 2.05) is 11.0 Å². The molecule has 0 atom stereocenters. The second-order valence-corrected chi connectivity index (χ2v) is 13.0. The molecule has 2 N–H and O–H groups in total. The van der Waals surface area contributed by atoms with Crippen LogP contribution in [0.5, 0.6) is 0 Å². The smallest absolute Gasteiger partial charge is 0.325 e. The highest BCUT2D eigenvalue weighted by Crippen LogP contribution is 2.49. The molecule has 3 aliphatic carbocycles. The van der Waals surface area contributed by atoms with Gasteiger partial charge in [0, 0.05) is 13.7 Å². The average Bonchev–Trinajstić information content (AvgIpc) is 3.20. The van der Waals surface area contributed by atoms with Gasteiger partial charge in [-0.2, -0.15) is 0 Å². The highest BCUT2D eigenvalue weighted by Gasteiger charge is 2.55. The number of urea groups is 1. The van der Waals surface area contributed by atoms with Crippen molar-refractivity contribution in [3.8, 4) is 0 Å². The molecule has 1 spiro atoms. The monoisotopic (exact) mass is 546 g/mol. The maximum Gasteiger partial charge on any atom is 0.325 e. The van der Waals surface area contributed by atoms with E-state index < -0.39 is 5.60 Å². The molecule has 1 aromatic carbocycles. The number of nitrogens with zero attached hydrogens (tertiary/aromatic N) is 3. The van der Waals surface area contributed by atoms with Crippen molar-refractivity contribution in [3.63, 3.8) is 0 Å². The Morgan fingerprint density at radius 2 is 1.70 bits per heavy atom. The van der Waals surface area contributed by atoms with Crippen LogP contribution in [-0.4, -0.2) is 70.4 Å². The van der Waals surface area contributed by atoms with E-state index in [9.17, 15) is 14.7 Å². The zero-order chi connectivity index (χ0) is 28.0. The number of hydrogen-bond acceptors (Lipinski definition) is 5. The number of ether oxygens (including phenoxy) is 1. The second kappa shape index (κ2) is 10.1. The summed E-state index contributed by atoms with van der Waals surface area (Å²) in [6.45, 7) is 3.75. The molecular weight excluding hydrogens is 504 g/mol. The number of methoxy groups -OCH3 is 1. The lowest BCUT2D eigenvalue weighted by Crippen LogP contribution is -2.58. The van der Waals surface area contributed by atoms with E-state index in [0.29, 0.717) is 31.0 Å². The fourth-order valence-electron chi connectivity index (χ4n) is 7.13. The fraction of sp³-hybridized carbons (Fsp3) is 0.594. The van der Waals surface area contributed by atoms with E-state index in [1.165, 1.54) is 5.56 Å². The molecule has 6 rings (SSSR count). The summed E-state index contributed by atoms with van der Waals surface area (Å²) in [5.74, 6) is -0.236. The lowest BCUT2D eigenvalue weighted by atomic mass is 9.64. The number of amides is 3. The number of aliphatic hydroxyl groups is 1. The molecule has 3 amide bonds. The van der Waals surface area contributed by atoms with Crippen LogP contribution in [0.4, 0.5) is 10.5 Å². The van der Waals surface area contributed by atoms with Crippen LogP contribution in [-0.2, 0) is 10.2 Å². The molecule has 1 saturated heterocycles. The van der Waals surface area contributed by atoms with Crippen LogP contribution >= 0.6 is 0 Å². The van der Waals surface area contributed by atoms with Gasteiger partial charge in [-0.25, -0.2) is 9.78 Å². The zero-order valence-electron chi connectivity index (χ0n) is 23.8. The number of anilines is 1. The van der Waals surface area contributed by atoms with Crippen molar-refractivity contribution in [2.45, 2.75) is 93.3 Å². The van der Waals surface area contributed by atoms with E-state index in [1.54, 1.807) is 24.3 Å². The molecule has 4 aliphatic rings. The normalized spacial score (nSPS) is 28.7. The Labute approximate surface area is 237 Å². The summed E-state index contributed by atoms with van der Waals surface area (Å²) in [6.07, 6.45) is 10.8. The first-order valence-corrected chi connectivity index (χ1v) is 14.9. The lowest BCUT2D eigenvalue weighted by Gasteiger charge is -2.49. The van der Waals surface area contributed by atoms with E-state index in [4.69, 9.17) is 4.74 Å². The van der Waals surface area contributed by atoms with E-state index in [-0.39, 0.29) is 28.5 Å². The van der Waals surface area contributed by atoms with Gasteiger partial charge in [-0.05, 0) is 87.3 Å². The molecule has 2 aromatic rings. The van der Waals surface area contributed by atoms with Crippen LogP contribution in [0.3, 0.4) is 0 Å². The van der Waals surface area contributed by atoms with Crippen LogP contribution < -0.4 is 10.2 Å². The molecule has 8 nitrogen and oxygen atoms in total. The Bertz CT molecular complexity index is 1230. The van der Waals surface area contributed by atoms with Gasteiger partial charge >= 0.3 is 6.03 Å². The molecule has 0 radical (unpaired) electrons. The average molecular weight is 547 g/mol. The summed E-state index contributed by atoms with van der Waals surface area (Å²) in [6, 6.07) is 14.1. The number of benzene rings is 1. The Hall–Kier alpha value is -2.97. The molecule has 4 fully saturated rings. The maximum atomic E-state index is 14.0. The van der Waals surface area contributed by atoms with Gasteiger partial charge in [0.1, 0.15) is 5.69 Å². The van der Waals surface area contributed by atoms with Crippen LogP contribution in [0.1, 0.15) is 87.2 Å². The van der Waals surface area contributed by atoms with Gasteiger partial charge in [0.25, 0.3) is 5.91 Å². The van der Waals surface area contributed by atoms with Crippen molar-refractivity contribution in [3.05, 3.63) is 59.9 Å². The van der Waals surface area contributed by atoms with Crippen LogP contribution in [0, 0.1) is 0 Å². The predicted molar refractivity (Wildman–Crippen MR) is 153 cm³/mol. The Kier molecular flexibility index (Phi) is 6.90. The van der Waals surface area contributed by atoms with E-state index >= 15 is 0 Å². The first-order chi connectivity index (χ1) is 19.2. The second-order valence-electron chi connectivity index (χ2n) is 13.0. The van der Waals surface area contributed by atoms with Crippen molar-refractivity contribution >= 4 is 17.6 Å². The summed E-state index contributed by atoms with van der Waals surface area (Å²) in [4.78, 5) is 34.9. The molecule has 1 aliphatic heterocycles. The fourth-order valence-corrected chi connectivity index (χ4v) is 7.13. The number of β-amino-alcohol motifs (C(OH)–C–C–N with tert-alkyl or cyclic N) is 1. The van der Waals surface area contributed by atoms with Gasteiger partial charge < -0.3 is 20.1 Å². The Morgan fingerprint density at radius 1 is 1.00 bits per heavy atom. The molecule has 214 valence electrons. The third-order valence-electron chi connectivity index (χ3n) is 10.5. The van der Waals surface area contributed by atoms with Gasteiger partial charge in [0.2, 0.25) is 0 Å². The molecule has 0 bridgehead atoms. The molecule has 8 heteroatoms. The molecule has 1 aromatic heterocycles. The highest BCUT2D eigenvalue weighted by molar-refractivity contribution is 5.96. The van der Waals surface area contributed by atoms with Crippen molar-refractivity contribution in [1.29, 1.82) is 0 Å². The minimum atomic E-state index is -0.793. The third kappa shape index (κ3) is 4.79. The van der Waals surface area contributed by atoms with Crippen molar-refractivity contribution in [1.82, 2.24) is 15.2 Å². The van der Waals surface area contributed by atoms with Crippen molar-refractivity contribution in [2.24, 2.45) is 0 Å². The SMILES string of the molecule is COC1(CNC(=O)c2ccc(N3C[C@]4(CC[C@@](C)(c5ccccc5)CC4)N(CC4(O)CCC4)C3=O)cn2)CCC1. The van der Waals surface area contributed by atoms with Crippen LogP contribution in [0.2, 0.25) is 0 Å². The first kappa shape index (κ1) is 27.2. The third-order valence-corrected chi connectivity index (χ3v) is 10.5. The molecule has 3 saturated carbocycles. The first-order valence-electron chi connectivity index (χ1n) is 14.9. The topological polar surface area (TPSA) is 95.0 Å². The van der Waals surface area contributed by atoms with Gasteiger partial charge in [-0.1, -0.05) is 37.3 Å². The summed E-state index contributed by atoms with van der Waals surface area (Å²) in [5, 5.41) is 14.1. The maximum absolute atomic E-state index is 14.0. The van der Waals surface area contributed by atoms with Crippen LogP contribution in [0.15, 0.2) is 48.7 Å². The standard InChI is InChI=1S/C32H42N4O4/c1-29(24-8-4-3-5-9-24)16-18-30(19-17-29)22-35(28(38)36(30)23-31(39)12-6-13-31)25-10-11-26(33-20-25)27(37)34-21-32(40-2)14-7-15-32/h3-5,8-11,20,39H,6-7,12-19,21-23H2,1-2H3,(H,34,37)/t29-,30-. The predicted octanol–water partition coefficient (Wildman–Crippen LogP) is 4.81. The van der Waals surface area contributed by atoms with E-state index in [0.717, 1.165) is 64.2 Å². The minimum absolute atomic E-state index is 0.0689. The number of pyridine rings is 1. The van der Waals surface area contributed by atoms with Crippen LogP contribution in [0.25, 0.3) is 0 Å². The number of carbonyl (C=O) groups is 2. The quantitative estimate of drug-likeness (QED) is 0.496. The van der Waals surface area contributed by atoms with Gasteiger partial charge in [0.15, 0.2) is 0 Å². The van der Waals surface area contributed by atoms with Crippen molar-refractivity contribution < 1.29 is 19.4 Å². The van der Waals surface area contributed by atoms with Gasteiger partial charge in [-0.15, -0.1) is 0 Å². The summed E-state index contributed by atoms with van der Waals surface area (Å²) < 4.78 is 5.61. The molecule has 2 heterocycles. The minimum Gasteiger partial charge on any atom is -0.388 e. The van der Waals surface area contributed by atoms with Gasteiger partial charge in [0.05, 0.1) is 41.7 Å². The number of aromatic nitrogens is 1. The Morgan fingerprint density at radius 3 is 2.25 bits per heavy atom. The Balaban J connectivity index is 1.19. The van der Waals surface area contributed by atoms with E-state index in [2.05, 4.69) is 47.6 Å². The lowest BCUT2D eigenvalue weighted by molar-refractivity contribution is -0.0682. The largest absolute Gasteiger partial charge is 0.388 e. The highest BCUT2D eigenvalue weighted by atomic mass is 16.5. The number of nitrogens with one attached hydrogen (secondary N) is 1. The molecule has 40 heavy (non-hydrogen) atoms.